The zero-order chi connectivity index (χ0) is 24.6. The zero-order valence-electron chi connectivity index (χ0n) is 19.8. The summed E-state index contributed by atoms with van der Waals surface area (Å²) in [5, 5.41) is 13.6. The molecule has 2 unspecified atom stereocenters. The summed E-state index contributed by atoms with van der Waals surface area (Å²) in [6.45, 7) is 2.47. The second kappa shape index (κ2) is 11.8. The van der Waals surface area contributed by atoms with Gasteiger partial charge in [0.05, 0.1) is 19.3 Å². The number of rotatable bonds is 8. The normalized spacial score (nSPS) is 18.5. The van der Waals surface area contributed by atoms with Gasteiger partial charge in [0.25, 0.3) is 5.91 Å². The molecule has 7 heteroatoms. The summed E-state index contributed by atoms with van der Waals surface area (Å²) >= 11 is 0. The molecule has 0 radical (unpaired) electrons. The molecule has 0 aromatic heterocycles. The molecular weight excluding hydrogens is 447 g/mol. The first kappa shape index (κ1) is 24.7. The van der Waals surface area contributed by atoms with Gasteiger partial charge in [-0.1, -0.05) is 24.3 Å². The molecule has 0 saturated carbocycles. The Kier molecular flexibility index (Phi) is 8.34. The first-order valence-electron chi connectivity index (χ1n) is 11.8. The second-order valence-corrected chi connectivity index (χ2v) is 8.81. The topological polar surface area (TPSA) is 71.0 Å². The molecule has 6 nitrogen and oxygen atoms in total. The molecular formula is C28H31FN2O4. The number of aliphatic hydroxyl groups is 1. The molecule has 3 aromatic carbocycles. The van der Waals surface area contributed by atoms with Crippen LogP contribution in [0.5, 0.6) is 11.5 Å². The molecule has 3 aromatic rings. The van der Waals surface area contributed by atoms with Crippen LogP contribution in [0, 0.1) is 5.82 Å². The molecule has 1 aliphatic rings. The van der Waals surface area contributed by atoms with E-state index >= 15 is 0 Å². The quantitative estimate of drug-likeness (QED) is 0.509. The summed E-state index contributed by atoms with van der Waals surface area (Å²) in [6, 6.07) is 20.6. The second-order valence-electron chi connectivity index (χ2n) is 8.81. The highest BCUT2D eigenvalue weighted by atomic mass is 19.1. The highest BCUT2D eigenvalue weighted by Gasteiger charge is 2.27. The smallest absolute Gasteiger partial charge is 0.251 e. The molecule has 1 amide bonds. The average Bonchev–Trinajstić information content (AvgIpc) is 3.05. The first-order chi connectivity index (χ1) is 17.0. The van der Waals surface area contributed by atoms with Gasteiger partial charge in [-0.25, -0.2) is 4.39 Å². The number of aliphatic hydroxyl groups excluding tert-OH is 1. The Balaban J connectivity index is 1.32. The maximum Gasteiger partial charge on any atom is 0.251 e. The molecule has 0 aliphatic carbocycles. The van der Waals surface area contributed by atoms with Crippen LogP contribution in [0.3, 0.4) is 0 Å². The van der Waals surface area contributed by atoms with Crippen molar-refractivity contribution in [3.05, 3.63) is 95.3 Å². The minimum absolute atomic E-state index is 0.231. The maximum absolute atomic E-state index is 13.0. The van der Waals surface area contributed by atoms with E-state index in [-0.39, 0.29) is 17.8 Å². The number of hydrogen-bond acceptors (Lipinski definition) is 5. The number of nitrogens with one attached hydrogen (secondary N) is 1. The lowest BCUT2D eigenvalue weighted by atomic mass is 10.1. The third-order valence-electron chi connectivity index (χ3n) is 6.21. The van der Waals surface area contributed by atoms with Crippen molar-refractivity contribution < 1.29 is 23.8 Å². The molecule has 0 spiro atoms. The molecule has 184 valence electrons. The summed E-state index contributed by atoms with van der Waals surface area (Å²) in [7, 11) is 1.65. The Labute approximate surface area is 205 Å². The SMILES string of the molecule is COc1ccc(CN2CCCC(O)C(NC(=O)c3ccc(OCc4ccc(F)cc4)cc3)C2)cc1. The zero-order valence-corrected chi connectivity index (χ0v) is 19.8. The van der Waals surface area contributed by atoms with Crippen molar-refractivity contribution in [1.82, 2.24) is 10.2 Å². The summed E-state index contributed by atoms with van der Waals surface area (Å²) in [4.78, 5) is 15.2. The minimum atomic E-state index is -0.599. The Morgan fingerprint density at radius 2 is 1.66 bits per heavy atom. The monoisotopic (exact) mass is 478 g/mol. The van der Waals surface area contributed by atoms with E-state index in [1.54, 1.807) is 43.5 Å². The molecule has 2 atom stereocenters. The standard InChI is InChI=1S/C28H31FN2O4/c1-34-24-12-6-20(7-13-24)17-31-16-2-3-27(32)26(18-31)30-28(33)22-8-14-25(15-9-22)35-19-21-4-10-23(29)11-5-21/h4-15,26-27,32H,2-3,16-19H2,1H3,(H,30,33). The number of carbonyl (C=O) groups excluding carboxylic acids is 1. The highest BCUT2D eigenvalue weighted by molar-refractivity contribution is 5.94. The largest absolute Gasteiger partial charge is 0.497 e. The van der Waals surface area contributed by atoms with E-state index in [0.717, 1.165) is 36.4 Å². The van der Waals surface area contributed by atoms with Crippen molar-refractivity contribution in [2.75, 3.05) is 20.2 Å². The summed E-state index contributed by atoms with van der Waals surface area (Å²) in [5.74, 6) is 0.917. The fraction of sp³-hybridized carbons (Fsp3) is 0.321. The van der Waals surface area contributed by atoms with Gasteiger partial charge in [-0.3, -0.25) is 9.69 Å². The van der Waals surface area contributed by atoms with Gasteiger partial charge in [-0.15, -0.1) is 0 Å². The van der Waals surface area contributed by atoms with Gasteiger partial charge in [0.1, 0.15) is 23.9 Å². The van der Waals surface area contributed by atoms with Crippen LogP contribution in [0.1, 0.15) is 34.3 Å². The first-order valence-corrected chi connectivity index (χ1v) is 11.8. The summed E-state index contributed by atoms with van der Waals surface area (Å²) in [5.41, 5.74) is 2.51. The molecule has 35 heavy (non-hydrogen) atoms. The van der Waals surface area contributed by atoms with E-state index in [9.17, 15) is 14.3 Å². The molecule has 4 rings (SSSR count). The van der Waals surface area contributed by atoms with Crippen LogP contribution in [0.4, 0.5) is 4.39 Å². The Morgan fingerprint density at radius 1 is 1.00 bits per heavy atom. The number of ether oxygens (including phenoxy) is 2. The van der Waals surface area contributed by atoms with Crippen molar-refractivity contribution in [2.24, 2.45) is 0 Å². The molecule has 0 bridgehead atoms. The van der Waals surface area contributed by atoms with Gasteiger partial charge in [0.15, 0.2) is 0 Å². The van der Waals surface area contributed by atoms with E-state index in [4.69, 9.17) is 9.47 Å². The van der Waals surface area contributed by atoms with Gasteiger partial charge in [0.2, 0.25) is 0 Å². The Morgan fingerprint density at radius 3 is 2.34 bits per heavy atom. The molecule has 1 aliphatic heterocycles. The van der Waals surface area contributed by atoms with E-state index in [1.165, 1.54) is 12.1 Å². The Bertz CT molecular complexity index is 1090. The van der Waals surface area contributed by atoms with Crippen LogP contribution >= 0.6 is 0 Å². The lowest BCUT2D eigenvalue weighted by molar-refractivity contribution is 0.0798. The summed E-state index contributed by atoms with van der Waals surface area (Å²) in [6.07, 6.45) is 0.905. The van der Waals surface area contributed by atoms with Gasteiger partial charge in [-0.2, -0.15) is 0 Å². The number of hydrogen-bond donors (Lipinski definition) is 2. The third-order valence-corrected chi connectivity index (χ3v) is 6.21. The third kappa shape index (κ3) is 7.04. The van der Waals surface area contributed by atoms with E-state index < -0.39 is 6.10 Å². The Hall–Kier alpha value is -3.42. The van der Waals surface area contributed by atoms with Crippen molar-refractivity contribution in [3.8, 4) is 11.5 Å². The van der Waals surface area contributed by atoms with E-state index in [2.05, 4.69) is 10.2 Å². The number of benzene rings is 3. The predicted molar refractivity (Wildman–Crippen MR) is 132 cm³/mol. The number of halogens is 1. The molecule has 1 saturated heterocycles. The number of carbonyl (C=O) groups is 1. The van der Waals surface area contributed by atoms with E-state index in [1.807, 2.05) is 24.3 Å². The summed E-state index contributed by atoms with van der Waals surface area (Å²) < 4.78 is 24.0. The average molecular weight is 479 g/mol. The van der Waals surface area contributed by atoms with Gasteiger partial charge in [-0.05, 0) is 79.0 Å². The minimum Gasteiger partial charge on any atom is -0.497 e. The molecule has 1 heterocycles. The number of amides is 1. The van der Waals surface area contributed by atoms with Crippen LogP contribution in [0.25, 0.3) is 0 Å². The molecule has 1 fully saturated rings. The van der Waals surface area contributed by atoms with Crippen LogP contribution < -0.4 is 14.8 Å². The lowest BCUT2D eigenvalue weighted by Gasteiger charge is -2.27. The van der Waals surface area contributed by atoms with Crippen molar-refractivity contribution in [2.45, 2.75) is 38.1 Å². The van der Waals surface area contributed by atoms with Crippen LogP contribution in [-0.2, 0) is 13.2 Å². The number of likely N-dealkylation sites (tertiary alicyclic amines) is 1. The van der Waals surface area contributed by atoms with Crippen molar-refractivity contribution >= 4 is 5.91 Å². The van der Waals surface area contributed by atoms with Crippen LogP contribution in [-0.4, -0.2) is 48.3 Å². The lowest BCUT2D eigenvalue weighted by Crippen LogP contribution is -2.48. The van der Waals surface area contributed by atoms with Crippen molar-refractivity contribution in [1.29, 1.82) is 0 Å². The van der Waals surface area contributed by atoms with Crippen molar-refractivity contribution in [3.63, 3.8) is 0 Å². The highest BCUT2D eigenvalue weighted by Crippen LogP contribution is 2.19. The van der Waals surface area contributed by atoms with Gasteiger partial charge in [0, 0.05) is 18.7 Å². The fourth-order valence-electron chi connectivity index (χ4n) is 4.19. The van der Waals surface area contributed by atoms with Gasteiger partial charge >= 0.3 is 0 Å². The van der Waals surface area contributed by atoms with Crippen LogP contribution in [0.15, 0.2) is 72.8 Å². The fourth-order valence-corrected chi connectivity index (χ4v) is 4.19. The van der Waals surface area contributed by atoms with E-state index in [0.29, 0.717) is 30.9 Å². The molecule has 2 N–H and O–H groups in total. The van der Waals surface area contributed by atoms with Crippen LogP contribution in [0.2, 0.25) is 0 Å². The number of methoxy groups -OCH3 is 1. The maximum atomic E-state index is 13.0. The number of nitrogens with zero attached hydrogens (tertiary/aromatic N) is 1. The van der Waals surface area contributed by atoms with Gasteiger partial charge < -0.3 is 19.9 Å². The predicted octanol–water partition coefficient (Wildman–Crippen LogP) is 4.17.